The summed E-state index contributed by atoms with van der Waals surface area (Å²) >= 11 is 0. The quantitative estimate of drug-likeness (QED) is 0.929. The maximum absolute atomic E-state index is 6.08. The van der Waals surface area contributed by atoms with Gasteiger partial charge in [0.15, 0.2) is 0 Å². The van der Waals surface area contributed by atoms with Gasteiger partial charge in [0.25, 0.3) is 0 Å². The van der Waals surface area contributed by atoms with Gasteiger partial charge in [-0.3, -0.25) is 9.88 Å². The molecule has 5 nitrogen and oxygen atoms in total. The lowest BCUT2D eigenvalue weighted by molar-refractivity contribution is 0.244. The topological polar surface area (TPSA) is 58.3 Å². The Labute approximate surface area is 125 Å². The maximum Gasteiger partial charge on any atom is 0.128 e. The number of nitrogen functional groups attached to an aromatic ring is 1. The van der Waals surface area contributed by atoms with Crippen molar-refractivity contribution in [1.82, 2.24) is 14.9 Å². The summed E-state index contributed by atoms with van der Waals surface area (Å²) < 4.78 is 0. The second kappa shape index (κ2) is 5.69. The van der Waals surface area contributed by atoms with E-state index in [9.17, 15) is 0 Å². The van der Waals surface area contributed by atoms with E-state index in [2.05, 4.69) is 27.0 Å². The van der Waals surface area contributed by atoms with Crippen LogP contribution in [0.5, 0.6) is 0 Å². The SMILES string of the molecule is CN(C)c1cc(CN2CCc3nccc(N)c3C2)ccn1. The molecule has 0 saturated heterocycles. The van der Waals surface area contributed by atoms with Crippen molar-refractivity contribution in [3.05, 3.63) is 47.4 Å². The predicted molar refractivity (Wildman–Crippen MR) is 85.0 cm³/mol. The van der Waals surface area contributed by atoms with Gasteiger partial charge in [-0.25, -0.2) is 4.98 Å². The van der Waals surface area contributed by atoms with E-state index in [1.165, 1.54) is 11.1 Å². The summed E-state index contributed by atoms with van der Waals surface area (Å²) in [5.74, 6) is 0.992. The molecule has 1 aliphatic rings. The van der Waals surface area contributed by atoms with Crippen LogP contribution < -0.4 is 10.6 Å². The molecule has 0 spiro atoms. The molecule has 0 radical (unpaired) electrons. The molecule has 1 aliphatic heterocycles. The van der Waals surface area contributed by atoms with Crippen molar-refractivity contribution in [3.8, 4) is 0 Å². The molecule has 2 aromatic heterocycles. The predicted octanol–water partition coefficient (Wildman–Crippen LogP) is 1.68. The molecule has 21 heavy (non-hydrogen) atoms. The summed E-state index contributed by atoms with van der Waals surface area (Å²) in [6, 6.07) is 6.11. The molecule has 0 aromatic carbocycles. The first-order chi connectivity index (χ1) is 10.1. The highest BCUT2D eigenvalue weighted by Gasteiger charge is 2.19. The van der Waals surface area contributed by atoms with Gasteiger partial charge >= 0.3 is 0 Å². The lowest BCUT2D eigenvalue weighted by Crippen LogP contribution is -2.31. The van der Waals surface area contributed by atoms with E-state index in [0.29, 0.717) is 0 Å². The molecule has 0 fully saturated rings. The number of nitrogens with two attached hydrogens (primary N) is 1. The largest absolute Gasteiger partial charge is 0.398 e. The smallest absolute Gasteiger partial charge is 0.128 e. The molecule has 3 heterocycles. The Morgan fingerprint density at radius 1 is 1.24 bits per heavy atom. The second-order valence-corrected chi connectivity index (χ2v) is 5.70. The normalized spacial score (nSPS) is 14.8. The zero-order valence-corrected chi connectivity index (χ0v) is 12.6. The molecular weight excluding hydrogens is 262 g/mol. The lowest BCUT2D eigenvalue weighted by Gasteiger charge is -2.29. The average Bonchev–Trinajstić information content (AvgIpc) is 2.48. The highest BCUT2D eigenvalue weighted by molar-refractivity contribution is 5.49. The van der Waals surface area contributed by atoms with Gasteiger partial charge in [0.2, 0.25) is 0 Å². The van der Waals surface area contributed by atoms with Crippen LogP contribution in [0.15, 0.2) is 30.6 Å². The number of hydrogen-bond acceptors (Lipinski definition) is 5. The van der Waals surface area contributed by atoms with E-state index in [1.807, 2.05) is 31.3 Å². The number of pyridine rings is 2. The Bertz CT molecular complexity index is 638. The van der Waals surface area contributed by atoms with Gasteiger partial charge in [-0.1, -0.05) is 0 Å². The van der Waals surface area contributed by atoms with E-state index in [4.69, 9.17) is 5.73 Å². The minimum absolute atomic E-state index is 0.855. The van der Waals surface area contributed by atoms with Gasteiger partial charge in [0.1, 0.15) is 5.82 Å². The molecule has 0 saturated carbocycles. The van der Waals surface area contributed by atoms with Crippen molar-refractivity contribution in [2.24, 2.45) is 0 Å². The van der Waals surface area contributed by atoms with Crippen LogP contribution in [0.25, 0.3) is 0 Å². The Balaban J connectivity index is 1.75. The summed E-state index contributed by atoms with van der Waals surface area (Å²) in [5.41, 5.74) is 10.5. The van der Waals surface area contributed by atoms with Crippen LogP contribution in [0.3, 0.4) is 0 Å². The maximum atomic E-state index is 6.08. The molecule has 0 bridgehead atoms. The highest BCUT2D eigenvalue weighted by atomic mass is 15.1. The Hall–Kier alpha value is -2.14. The van der Waals surface area contributed by atoms with Crippen LogP contribution in [0.2, 0.25) is 0 Å². The second-order valence-electron chi connectivity index (χ2n) is 5.70. The van der Waals surface area contributed by atoms with Crippen LogP contribution in [-0.4, -0.2) is 35.5 Å². The van der Waals surface area contributed by atoms with Crippen LogP contribution in [0.4, 0.5) is 11.5 Å². The van der Waals surface area contributed by atoms with E-state index in [0.717, 1.165) is 43.3 Å². The fourth-order valence-electron chi connectivity index (χ4n) is 2.71. The van der Waals surface area contributed by atoms with Crippen LogP contribution in [-0.2, 0) is 19.5 Å². The van der Waals surface area contributed by atoms with Crippen molar-refractivity contribution in [1.29, 1.82) is 0 Å². The van der Waals surface area contributed by atoms with Gasteiger partial charge in [0.05, 0.1) is 0 Å². The Kier molecular flexibility index (Phi) is 3.75. The van der Waals surface area contributed by atoms with E-state index in [-0.39, 0.29) is 0 Å². The third-order valence-corrected chi connectivity index (χ3v) is 3.90. The molecule has 0 atom stereocenters. The summed E-state index contributed by atoms with van der Waals surface area (Å²) in [6.07, 6.45) is 4.64. The number of aromatic nitrogens is 2. The van der Waals surface area contributed by atoms with Crippen molar-refractivity contribution >= 4 is 11.5 Å². The van der Waals surface area contributed by atoms with E-state index in [1.54, 1.807) is 6.20 Å². The van der Waals surface area contributed by atoms with Crippen LogP contribution >= 0.6 is 0 Å². The molecule has 0 amide bonds. The summed E-state index contributed by atoms with van der Waals surface area (Å²) in [5, 5.41) is 0. The summed E-state index contributed by atoms with van der Waals surface area (Å²) in [4.78, 5) is 13.2. The van der Waals surface area contributed by atoms with Crippen molar-refractivity contribution in [3.63, 3.8) is 0 Å². The molecule has 2 aromatic rings. The average molecular weight is 283 g/mol. The summed E-state index contributed by atoms with van der Waals surface area (Å²) in [6.45, 7) is 2.80. The van der Waals surface area contributed by atoms with Crippen LogP contribution in [0.1, 0.15) is 16.8 Å². The number of anilines is 2. The Morgan fingerprint density at radius 2 is 2.05 bits per heavy atom. The first kappa shape index (κ1) is 13.8. The summed E-state index contributed by atoms with van der Waals surface area (Å²) in [7, 11) is 4.02. The fraction of sp³-hybridized carbons (Fsp3) is 0.375. The zero-order valence-electron chi connectivity index (χ0n) is 12.6. The van der Waals surface area contributed by atoms with E-state index >= 15 is 0 Å². The molecule has 110 valence electrons. The highest BCUT2D eigenvalue weighted by Crippen LogP contribution is 2.23. The number of nitrogens with zero attached hydrogens (tertiary/aromatic N) is 4. The van der Waals surface area contributed by atoms with Crippen molar-refractivity contribution in [2.45, 2.75) is 19.5 Å². The molecule has 3 rings (SSSR count). The molecule has 2 N–H and O–H groups in total. The minimum atomic E-state index is 0.855. The third-order valence-electron chi connectivity index (χ3n) is 3.90. The van der Waals surface area contributed by atoms with E-state index < -0.39 is 0 Å². The minimum Gasteiger partial charge on any atom is -0.398 e. The molecule has 5 heteroatoms. The molecular formula is C16H21N5. The fourth-order valence-corrected chi connectivity index (χ4v) is 2.71. The van der Waals surface area contributed by atoms with Gasteiger partial charge in [0, 0.05) is 69.5 Å². The van der Waals surface area contributed by atoms with Gasteiger partial charge in [-0.2, -0.15) is 0 Å². The zero-order chi connectivity index (χ0) is 14.8. The first-order valence-corrected chi connectivity index (χ1v) is 7.20. The number of hydrogen-bond donors (Lipinski definition) is 1. The van der Waals surface area contributed by atoms with Crippen LogP contribution in [0, 0.1) is 0 Å². The molecule has 0 unspecified atom stereocenters. The van der Waals surface area contributed by atoms with Crippen molar-refractivity contribution in [2.75, 3.05) is 31.3 Å². The van der Waals surface area contributed by atoms with Crippen molar-refractivity contribution < 1.29 is 0 Å². The monoisotopic (exact) mass is 283 g/mol. The van der Waals surface area contributed by atoms with Gasteiger partial charge < -0.3 is 10.6 Å². The third kappa shape index (κ3) is 2.97. The van der Waals surface area contributed by atoms with Gasteiger partial charge in [-0.05, 0) is 23.8 Å². The standard InChI is InChI=1S/C16H21N5/c1-20(2)16-9-12(3-6-19-16)10-21-8-5-15-13(11-21)14(17)4-7-18-15/h3-4,6-7,9H,5,8,10-11H2,1-2H3,(H2,17,18). The van der Waals surface area contributed by atoms with Gasteiger partial charge in [-0.15, -0.1) is 0 Å². The lowest BCUT2D eigenvalue weighted by atomic mass is 10.0. The number of rotatable bonds is 3. The Morgan fingerprint density at radius 3 is 2.86 bits per heavy atom. The molecule has 0 aliphatic carbocycles. The number of fused-ring (bicyclic) bond motifs is 1. The first-order valence-electron chi connectivity index (χ1n) is 7.20.